The molecule has 3 nitrogen and oxygen atoms in total. The van der Waals surface area contributed by atoms with Crippen LogP contribution in [0.2, 0.25) is 0 Å². The average Bonchev–Trinajstić information content (AvgIpc) is 2.68. The monoisotopic (exact) mass is 270 g/mol. The van der Waals surface area contributed by atoms with Crippen molar-refractivity contribution in [1.82, 2.24) is 10.3 Å². The van der Waals surface area contributed by atoms with Gasteiger partial charge in [0.05, 0.1) is 5.69 Å². The molecule has 0 saturated heterocycles. The Morgan fingerprint density at radius 2 is 2.00 bits per heavy atom. The molecule has 0 aliphatic carbocycles. The van der Waals surface area contributed by atoms with E-state index >= 15 is 0 Å². The van der Waals surface area contributed by atoms with E-state index in [1.54, 1.807) is 18.4 Å². The summed E-state index contributed by atoms with van der Waals surface area (Å²) in [7, 11) is 1.76. The van der Waals surface area contributed by atoms with Gasteiger partial charge in [0.2, 0.25) is 0 Å². The normalized spacial score (nSPS) is 15.1. The van der Waals surface area contributed by atoms with Crippen molar-refractivity contribution in [1.29, 1.82) is 0 Å². The van der Waals surface area contributed by atoms with E-state index in [0.717, 1.165) is 23.7 Å². The minimum atomic E-state index is 0.112. The van der Waals surface area contributed by atoms with Crippen molar-refractivity contribution in [3.05, 3.63) is 15.6 Å². The van der Waals surface area contributed by atoms with Gasteiger partial charge in [-0.15, -0.1) is 11.3 Å². The second kappa shape index (κ2) is 7.22. The number of methoxy groups -OCH3 is 1. The van der Waals surface area contributed by atoms with Gasteiger partial charge in [-0.05, 0) is 32.7 Å². The number of aromatic nitrogens is 1. The molecule has 104 valence electrons. The van der Waals surface area contributed by atoms with Crippen LogP contribution in [0.3, 0.4) is 0 Å². The van der Waals surface area contributed by atoms with Crippen LogP contribution in [0.5, 0.6) is 0 Å². The summed E-state index contributed by atoms with van der Waals surface area (Å²) in [4.78, 5) is 6.02. The van der Waals surface area contributed by atoms with Crippen LogP contribution in [-0.4, -0.2) is 18.6 Å². The van der Waals surface area contributed by atoms with E-state index in [9.17, 15) is 0 Å². The van der Waals surface area contributed by atoms with Gasteiger partial charge in [-0.25, -0.2) is 4.98 Å². The Bertz CT molecular complexity index is 363. The van der Waals surface area contributed by atoms with Gasteiger partial charge in [-0.3, -0.25) is 0 Å². The number of thiazole rings is 1. The highest BCUT2D eigenvalue weighted by atomic mass is 32.1. The molecule has 2 atom stereocenters. The van der Waals surface area contributed by atoms with Crippen LogP contribution in [0, 0.1) is 12.8 Å². The van der Waals surface area contributed by atoms with Crippen LogP contribution in [0.25, 0.3) is 0 Å². The smallest absolute Gasteiger partial charge is 0.122 e. The molecule has 0 aliphatic rings. The van der Waals surface area contributed by atoms with E-state index in [2.05, 4.69) is 44.9 Å². The van der Waals surface area contributed by atoms with Crippen LogP contribution in [0.4, 0.5) is 0 Å². The van der Waals surface area contributed by atoms with Gasteiger partial charge in [-0.2, -0.15) is 0 Å². The molecule has 1 aromatic heterocycles. The molecule has 1 aromatic rings. The Hall–Kier alpha value is -0.450. The molecule has 2 unspecified atom stereocenters. The van der Waals surface area contributed by atoms with Crippen molar-refractivity contribution in [2.24, 2.45) is 5.92 Å². The number of rotatable bonds is 7. The van der Waals surface area contributed by atoms with Gasteiger partial charge >= 0.3 is 0 Å². The molecule has 0 spiro atoms. The summed E-state index contributed by atoms with van der Waals surface area (Å²) in [5.41, 5.74) is 1.13. The largest absolute Gasteiger partial charge is 0.374 e. The van der Waals surface area contributed by atoms with Crippen LogP contribution >= 0.6 is 11.3 Å². The minimum absolute atomic E-state index is 0.112. The molecule has 0 aliphatic heterocycles. The lowest BCUT2D eigenvalue weighted by Crippen LogP contribution is -2.18. The average molecular weight is 270 g/mol. The lowest BCUT2D eigenvalue weighted by molar-refractivity contribution is 0.0643. The number of nitrogens with one attached hydrogen (secondary N) is 1. The number of hydrogen-bond donors (Lipinski definition) is 1. The summed E-state index contributed by atoms with van der Waals surface area (Å²) >= 11 is 1.78. The van der Waals surface area contributed by atoms with Gasteiger partial charge in [0.15, 0.2) is 0 Å². The molecule has 1 rings (SSSR count). The molecule has 18 heavy (non-hydrogen) atoms. The maximum atomic E-state index is 5.55. The first-order valence-corrected chi connectivity index (χ1v) is 7.56. The van der Waals surface area contributed by atoms with Crippen molar-refractivity contribution >= 4 is 11.3 Å². The van der Waals surface area contributed by atoms with E-state index in [0.29, 0.717) is 12.0 Å². The summed E-state index contributed by atoms with van der Waals surface area (Å²) in [5, 5.41) is 4.62. The third-order valence-electron chi connectivity index (χ3n) is 3.05. The van der Waals surface area contributed by atoms with Crippen LogP contribution in [0.15, 0.2) is 0 Å². The zero-order chi connectivity index (χ0) is 13.7. The van der Waals surface area contributed by atoms with E-state index in [-0.39, 0.29) is 6.10 Å². The van der Waals surface area contributed by atoms with Gasteiger partial charge in [0, 0.05) is 18.0 Å². The maximum Gasteiger partial charge on any atom is 0.122 e. The Morgan fingerprint density at radius 1 is 1.33 bits per heavy atom. The first kappa shape index (κ1) is 15.6. The molecule has 1 heterocycles. The van der Waals surface area contributed by atoms with Crippen molar-refractivity contribution < 1.29 is 4.74 Å². The minimum Gasteiger partial charge on any atom is -0.374 e. The molecule has 0 bridgehead atoms. The molecular weight excluding hydrogens is 244 g/mol. The first-order valence-electron chi connectivity index (χ1n) is 6.74. The van der Waals surface area contributed by atoms with Crippen LogP contribution < -0.4 is 5.32 Å². The van der Waals surface area contributed by atoms with Gasteiger partial charge in [0.25, 0.3) is 0 Å². The van der Waals surface area contributed by atoms with Crippen molar-refractivity contribution in [2.45, 2.75) is 53.2 Å². The number of ether oxygens (including phenoxy) is 1. The predicted molar refractivity (Wildman–Crippen MR) is 78.1 cm³/mol. The number of nitrogens with zero attached hydrogens (tertiary/aromatic N) is 1. The Morgan fingerprint density at radius 3 is 2.50 bits per heavy atom. The summed E-state index contributed by atoms with van der Waals surface area (Å²) in [5.74, 6) is 0.451. The summed E-state index contributed by atoms with van der Waals surface area (Å²) in [6.07, 6.45) is 1.27. The fourth-order valence-electron chi connectivity index (χ4n) is 2.06. The lowest BCUT2D eigenvalue weighted by Gasteiger charge is -2.16. The van der Waals surface area contributed by atoms with Crippen molar-refractivity contribution in [2.75, 3.05) is 13.7 Å². The zero-order valence-electron chi connectivity index (χ0n) is 12.4. The molecule has 0 saturated carbocycles. The van der Waals surface area contributed by atoms with Crippen molar-refractivity contribution in [3.8, 4) is 0 Å². The Balaban J connectivity index is 2.86. The standard InChI is InChI=1S/C14H26N2OS/c1-7-8-15-10(4)13-11(5)16-14(18-13)12(17-6)9(2)3/h9-10,12,15H,7-8H2,1-6H3. The molecule has 4 heteroatoms. The second-order valence-corrected chi connectivity index (χ2v) is 6.14. The molecule has 0 fully saturated rings. The molecule has 0 amide bonds. The number of aryl methyl sites for hydroxylation is 1. The van der Waals surface area contributed by atoms with E-state index < -0.39 is 0 Å². The quantitative estimate of drug-likeness (QED) is 0.817. The molecule has 0 radical (unpaired) electrons. The maximum absolute atomic E-state index is 5.55. The third kappa shape index (κ3) is 3.77. The highest BCUT2D eigenvalue weighted by Gasteiger charge is 2.22. The van der Waals surface area contributed by atoms with Gasteiger partial charge in [-0.1, -0.05) is 20.8 Å². The number of hydrogen-bond acceptors (Lipinski definition) is 4. The first-order chi connectivity index (χ1) is 8.51. The second-order valence-electron chi connectivity index (χ2n) is 5.08. The molecule has 1 N–H and O–H groups in total. The molecular formula is C14H26N2OS. The fourth-order valence-corrected chi connectivity index (χ4v) is 3.41. The highest BCUT2D eigenvalue weighted by molar-refractivity contribution is 7.11. The topological polar surface area (TPSA) is 34.1 Å². The van der Waals surface area contributed by atoms with E-state index in [1.807, 2.05) is 0 Å². The summed E-state index contributed by atoms with van der Waals surface area (Å²) in [6.45, 7) is 11.9. The molecule has 0 aromatic carbocycles. The highest BCUT2D eigenvalue weighted by Crippen LogP contribution is 2.33. The van der Waals surface area contributed by atoms with Crippen LogP contribution in [0.1, 0.15) is 61.8 Å². The fraction of sp³-hybridized carbons (Fsp3) is 0.786. The lowest BCUT2D eigenvalue weighted by atomic mass is 10.1. The van der Waals surface area contributed by atoms with E-state index in [4.69, 9.17) is 4.74 Å². The van der Waals surface area contributed by atoms with Gasteiger partial charge < -0.3 is 10.1 Å². The Labute approximate surface area is 115 Å². The third-order valence-corrected chi connectivity index (χ3v) is 4.45. The summed E-state index contributed by atoms with van der Waals surface area (Å²) < 4.78 is 5.55. The van der Waals surface area contributed by atoms with Crippen LogP contribution in [-0.2, 0) is 4.74 Å². The van der Waals surface area contributed by atoms with E-state index in [1.165, 1.54) is 4.88 Å². The zero-order valence-corrected chi connectivity index (χ0v) is 13.2. The summed E-state index contributed by atoms with van der Waals surface area (Å²) in [6, 6.07) is 0.376. The van der Waals surface area contributed by atoms with Crippen molar-refractivity contribution in [3.63, 3.8) is 0 Å². The van der Waals surface area contributed by atoms with Gasteiger partial charge in [0.1, 0.15) is 11.1 Å². The Kier molecular flexibility index (Phi) is 6.26. The SMILES string of the molecule is CCCNC(C)c1sc(C(OC)C(C)C)nc1C. The predicted octanol–water partition coefficient (Wildman–Crippen LogP) is 3.86.